The van der Waals surface area contributed by atoms with Crippen LogP contribution in [0.5, 0.6) is 0 Å². The third-order valence-corrected chi connectivity index (χ3v) is 10.5. The van der Waals surface area contributed by atoms with Crippen molar-refractivity contribution in [2.24, 2.45) is 11.8 Å². The van der Waals surface area contributed by atoms with Crippen molar-refractivity contribution in [2.75, 3.05) is 13.2 Å². The van der Waals surface area contributed by atoms with Crippen LogP contribution >= 0.6 is 0 Å². The van der Waals surface area contributed by atoms with Crippen LogP contribution in [-0.4, -0.2) is 37.2 Å². The molecule has 0 amide bonds. The van der Waals surface area contributed by atoms with Gasteiger partial charge in [-0.2, -0.15) is 0 Å². The van der Waals surface area contributed by atoms with E-state index in [2.05, 4.69) is 34.6 Å². The number of carbonyl (C=O) groups is 3. The van der Waals surface area contributed by atoms with Gasteiger partial charge in [-0.05, 0) is 31.1 Å². The zero-order valence-electron chi connectivity index (χ0n) is 36.1. The van der Waals surface area contributed by atoms with Gasteiger partial charge in [0.05, 0.1) is 0 Å². The highest BCUT2D eigenvalue weighted by molar-refractivity contribution is 5.71. The molecule has 53 heavy (non-hydrogen) atoms. The van der Waals surface area contributed by atoms with Crippen LogP contribution in [0, 0.1) is 11.8 Å². The van der Waals surface area contributed by atoms with Crippen molar-refractivity contribution >= 4 is 17.9 Å². The van der Waals surface area contributed by atoms with Crippen LogP contribution in [0.25, 0.3) is 0 Å². The molecule has 0 unspecified atom stereocenters. The predicted octanol–water partition coefficient (Wildman–Crippen LogP) is 14.6. The SMILES string of the molecule is CCCCCCCCCCCCCCCCCCC(=O)OC[C@@H](COC(=O)CCCCCCCCCC(C)C)OC(=O)CCCCCCCCC(C)C. The Morgan fingerprint density at radius 1 is 0.358 bits per heavy atom. The highest BCUT2D eigenvalue weighted by Crippen LogP contribution is 2.16. The lowest BCUT2D eigenvalue weighted by molar-refractivity contribution is -0.167. The van der Waals surface area contributed by atoms with Crippen LogP contribution < -0.4 is 0 Å². The third kappa shape index (κ3) is 41.4. The predicted molar refractivity (Wildman–Crippen MR) is 224 cm³/mol. The largest absolute Gasteiger partial charge is 0.462 e. The van der Waals surface area contributed by atoms with Crippen LogP contribution in [0.2, 0.25) is 0 Å². The van der Waals surface area contributed by atoms with Gasteiger partial charge in [0.1, 0.15) is 13.2 Å². The zero-order valence-corrected chi connectivity index (χ0v) is 36.1. The van der Waals surface area contributed by atoms with E-state index in [0.717, 1.165) is 69.6 Å². The van der Waals surface area contributed by atoms with Crippen molar-refractivity contribution in [3.63, 3.8) is 0 Å². The summed E-state index contributed by atoms with van der Waals surface area (Å²) in [7, 11) is 0. The molecule has 0 aromatic heterocycles. The van der Waals surface area contributed by atoms with Crippen LogP contribution in [0.4, 0.5) is 0 Å². The fourth-order valence-corrected chi connectivity index (χ4v) is 6.93. The smallest absolute Gasteiger partial charge is 0.306 e. The van der Waals surface area contributed by atoms with Gasteiger partial charge in [-0.15, -0.1) is 0 Å². The molecule has 0 saturated carbocycles. The van der Waals surface area contributed by atoms with Crippen molar-refractivity contribution < 1.29 is 28.6 Å². The van der Waals surface area contributed by atoms with E-state index in [9.17, 15) is 14.4 Å². The number of carbonyl (C=O) groups excluding carboxylic acids is 3. The molecule has 1 atom stereocenters. The molecule has 0 bridgehead atoms. The minimum atomic E-state index is -0.761. The molecule has 0 radical (unpaired) electrons. The third-order valence-electron chi connectivity index (χ3n) is 10.5. The molecular weight excluding hydrogens is 661 g/mol. The summed E-state index contributed by atoms with van der Waals surface area (Å²) in [4.78, 5) is 37.7. The van der Waals surface area contributed by atoms with Gasteiger partial charge < -0.3 is 14.2 Å². The van der Waals surface area contributed by atoms with Crippen molar-refractivity contribution in [1.29, 1.82) is 0 Å². The molecule has 0 saturated heterocycles. The van der Waals surface area contributed by atoms with Crippen LogP contribution in [0.3, 0.4) is 0 Å². The van der Waals surface area contributed by atoms with Crippen LogP contribution in [-0.2, 0) is 28.6 Å². The van der Waals surface area contributed by atoms with Crippen molar-refractivity contribution in [3.05, 3.63) is 0 Å². The summed E-state index contributed by atoms with van der Waals surface area (Å²) in [5.41, 5.74) is 0. The number of unbranched alkanes of at least 4 members (excludes halogenated alkanes) is 26. The van der Waals surface area contributed by atoms with Gasteiger partial charge in [0.25, 0.3) is 0 Å². The zero-order chi connectivity index (χ0) is 39.0. The Kier molecular flexibility index (Phi) is 38.9. The van der Waals surface area contributed by atoms with E-state index in [1.807, 2.05) is 0 Å². The average molecular weight is 751 g/mol. The minimum absolute atomic E-state index is 0.0661. The number of esters is 3. The number of hydrogen-bond donors (Lipinski definition) is 0. The molecule has 0 rings (SSSR count). The summed E-state index contributed by atoms with van der Waals surface area (Å²) in [5, 5.41) is 0. The van der Waals surface area contributed by atoms with E-state index >= 15 is 0 Å². The molecule has 314 valence electrons. The van der Waals surface area contributed by atoms with Crippen molar-refractivity contribution in [1.82, 2.24) is 0 Å². The van der Waals surface area contributed by atoms with Crippen LogP contribution in [0.15, 0.2) is 0 Å². The second-order valence-corrected chi connectivity index (χ2v) is 17.0. The summed E-state index contributed by atoms with van der Waals surface area (Å²) in [5.74, 6) is 0.676. The summed E-state index contributed by atoms with van der Waals surface area (Å²) in [6.45, 7) is 11.2. The van der Waals surface area contributed by atoms with E-state index < -0.39 is 6.10 Å². The minimum Gasteiger partial charge on any atom is -0.462 e. The first-order valence-corrected chi connectivity index (χ1v) is 23.2. The lowest BCUT2D eigenvalue weighted by Gasteiger charge is -2.18. The van der Waals surface area contributed by atoms with Gasteiger partial charge in [-0.25, -0.2) is 0 Å². The lowest BCUT2D eigenvalue weighted by Crippen LogP contribution is -2.30. The molecule has 6 nitrogen and oxygen atoms in total. The number of rotatable bonds is 41. The van der Waals surface area contributed by atoms with Gasteiger partial charge in [-0.1, -0.05) is 214 Å². The van der Waals surface area contributed by atoms with E-state index in [0.29, 0.717) is 19.3 Å². The second-order valence-electron chi connectivity index (χ2n) is 17.0. The molecule has 0 aliphatic carbocycles. The van der Waals surface area contributed by atoms with E-state index in [-0.39, 0.29) is 31.1 Å². The topological polar surface area (TPSA) is 78.9 Å². The molecule has 0 fully saturated rings. The molecular formula is C47H90O6. The fraction of sp³-hybridized carbons (Fsp3) is 0.936. The van der Waals surface area contributed by atoms with Gasteiger partial charge in [0, 0.05) is 19.3 Å². The highest BCUT2D eigenvalue weighted by Gasteiger charge is 2.19. The number of hydrogen-bond acceptors (Lipinski definition) is 6. The first kappa shape index (κ1) is 51.4. The maximum atomic E-state index is 12.7. The summed E-state index contributed by atoms with van der Waals surface area (Å²) in [6, 6.07) is 0. The highest BCUT2D eigenvalue weighted by atomic mass is 16.6. The van der Waals surface area contributed by atoms with E-state index in [1.54, 1.807) is 0 Å². The molecule has 6 heteroatoms. The molecule has 0 aliphatic rings. The number of ether oxygens (including phenoxy) is 3. The fourth-order valence-electron chi connectivity index (χ4n) is 6.93. The quantitative estimate of drug-likeness (QED) is 0.0352. The molecule has 0 N–H and O–H groups in total. The Morgan fingerprint density at radius 3 is 0.925 bits per heavy atom. The summed E-state index contributed by atoms with van der Waals surface area (Å²) < 4.78 is 16.7. The first-order valence-electron chi connectivity index (χ1n) is 23.2. The molecule has 0 aromatic rings. The Labute approximate surface area is 329 Å². The Morgan fingerprint density at radius 2 is 0.623 bits per heavy atom. The normalized spacial score (nSPS) is 12.1. The lowest BCUT2D eigenvalue weighted by atomic mass is 10.0. The van der Waals surface area contributed by atoms with Crippen LogP contribution in [0.1, 0.15) is 253 Å². The standard InChI is InChI=1S/C47H90O6/c1-6-7-8-9-10-11-12-13-14-15-16-17-18-21-27-32-37-45(48)51-40-44(53-47(50)39-34-29-24-23-26-31-36-43(4)5)41-52-46(49)38-33-28-22-19-20-25-30-35-42(2)3/h42-44H,6-41H2,1-5H3/t44-/m0/s1. The average Bonchev–Trinajstić information content (AvgIpc) is 3.12. The van der Waals surface area contributed by atoms with Crippen molar-refractivity contribution in [3.8, 4) is 0 Å². The van der Waals surface area contributed by atoms with Gasteiger partial charge in [-0.3, -0.25) is 14.4 Å². The Bertz CT molecular complexity index is 809. The second kappa shape index (κ2) is 40.1. The van der Waals surface area contributed by atoms with Gasteiger partial charge in [0.2, 0.25) is 0 Å². The Balaban J connectivity index is 4.26. The maximum absolute atomic E-state index is 12.7. The summed E-state index contributed by atoms with van der Waals surface area (Å²) >= 11 is 0. The van der Waals surface area contributed by atoms with Crippen molar-refractivity contribution in [2.45, 2.75) is 259 Å². The summed E-state index contributed by atoms with van der Waals surface area (Å²) in [6.07, 6.45) is 38.3. The van der Waals surface area contributed by atoms with Gasteiger partial charge in [0.15, 0.2) is 6.10 Å². The van der Waals surface area contributed by atoms with Gasteiger partial charge >= 0.3 is 17.9 Å². The monoisotopic (exact) mass is 751 g/mol. The molecule has 0 aliphatic heterocycles. The molecule has 0 spiro atoms. The Hall–Kier alpha value is -1.59. The molecule has 0 heterocycles. The maximum Gasteiger partial charge on any atom is 0.306 e. The van der Waals surface area contributed by atoms with E-state index in [4.69, 9.17) is 14.2 Å². The molecule has 0 aromatic carbocycles. The van der Waals surface area contributed by atoms with E-state index in [1.165, 1.54) is 141 Å². The first-order chi connectivity index (χ1) is 25.7.